The fourth-order valence-electron chi connectivity index (χ4n) is 2.93. The van der Waals surface area contributed by atoms with Crippen LogP contribution in [0.2, 0.25) is 0 Å². The van der Waals surface area contributed by atoms with Crippen LogP contribution in [0.1, 0.15) is 29.0 Å². The largest absolute Gasteiger partial charge is 0.454 e. The minimum absolute atomic E-state index is 0.0610. The van der Waals surface area contributed by atoms with Crippen molar-refractivity contribution in [2.75, 3.05) is 32.9 Å². The average Bonchev–Trinajstić information content (AvgIpc) is 3.42. The number of rotatable bonds is 8. The minimum atomic E-state index is -3.69. The van der Waals surface area contributed by atoms with Crippen LogP contribution in [-0.2, 0) is 26.2 Å². The number of carbonyl (C=O) groups is 2. The van der Waals surface area contributed by atoms with Gasteiger partial charge in [0.2, 0.25) is 11.0 Å². The van der Waals surface area contributed by atoms with E-state index >= 15 is 0 Å². The van der Waals surface area contributed by atoms with E-state index in [2.05, 4.69) is 0 Å². The highest BCUT2D eigenvalue weighted by Crippen LogP contribution is 2.25. The molecule has 0 bridgehead atoms. The molecule has 0 radical (unpaired) electrons. The fraction of sp³-hybridized carbons (Fsp3) is 0.400. The molecule has 0 spiro atoms. The average molecular weight is 453 g/mol. The smallest absolute Gasteiger partial charge is 0.339 e. The lowest BCUT2D eigenvalue weighted by atomic mass is 10.2. The van der Waals surface area contributed by atoms with E-state index in [1.807, 2.05) is 4.90 Å². The Morgan fingerprint density at radius 3 is 2.53 bits per heavy atom. The first-order valence-corrected chi connectivity index (χ1v) is 11.9. The van der Waals surface area contributed by atoms with Crippen LogP contribution >= 0.6 is 11.8 Å². The molecule has 162 valence electrons. The van der Waals surface area contributed by atoms with E-state index in [0.29, 0.717) is 10.5 Å². The number of nitrogens with zero attached hydrogens (tertiary/aromatic N) is 2. The number of likely N-dealkylation sites (tertiary alicyclic amines) is 1. The third-order valence-corrected chi connectivity index (χ3v) is 7.38. The van der Waals surface area contributed by atoms with Crippen LogP contribution in [0.15, 0.2) is 50.8 Å². The Bertz CT molecular complexity index is 1010. The molecule has 2 aromatic rings. The van der Waals surface area contributed by atoms with E-state index in [9.17, 15) is 18.0 Å². The Labute approximate surface area is 180 Å². The molecule has 1 aliphatic heterocycles. The number of amides is 1. The quantitative estimate of drug-likeness (QED) is 0.449. The summed E-state index contributed by atoms with van der Waals surface area (Å²) in [5.41, 5.74) is 0.351. The van der Waals surface area contributed by atoms with Crippen molar-refractivity contribution < 1.29 is 27.2 Å². The number of hydrogen-bond acceptors (Lipinski definition) is 7. The summed E-state index contributed by atoms with van der Waals surface area (Å²) < 4.78 is 35.8. The van der Waals surface area contributed by atoms with Gasteiger partial charge in [-0.25, -0.2) is 17.5 Å². The third-order valence-electron chi connectivity index (χ3n) is 4.63. The van der Waals surface area contributed by atoms with Gasteiger partial charge in [-0.05, 0) is 37.1 Å². The van der Waals surface area contributed by atoms with Gasteiger partial charge in [-0.15, -0.1) is 11.8 Å². The molecule has 1 aliphatic rings. The number of carbonyl (C=O) groups excluding carboxylic acids is 2. The molecule has 1 aromatic heterocycles. The SMILES string of the molecule is CN(C)S(=O)(=O)c1ccc(COC(=O)c2ccccc2SCC(=O)N2CCCC2)o1. The Morgan fingerprint density at radius 1 is 1.13 bits per heavy atom. The first kappa shape index (κ1) is 22.4. The van der Waals surface area contributed by atoms with Crippen molar-refractivity contribution >= 4 is 33.7 Å². The molecule has 0 aliphatic carbocycles. The topological polar surface area (TPSA) is 97.1 Å². The predicted molar refractivity (Wildman–Crippen MR) is 112 cm³/mol. The number of furan rings is 1. The van der Waals surface area contributed by atoms with Gasteiger partial charge in [0, 0.05) is 32.1 Å². The Balaban J connectivity index is 1.61. The van der Waals surface area contributed by atoms with Gasteiger partial charge in [0.1, 0.15) is 12.4 Å². The number of ether oxygens (including phenoxy) is 1. The van der Waals surface area contributed by atoms with Crippen LogP contribution < -0.4 is 0 Å². The second-order valence-electron chi connectivity index (χ2n) is 6.96. The second-order valence-corrected chi connectivity index (χ2v) is 10.1. The lowest BCUT2D eigenvalue weighted by Crippen LogP contribution is -2.29. The summed E-state index contributed by atoms with van der Waals surface area (Å²) in [7, 11) is -0.882. The van der Waals surface area contributed by atoms with Crippen LogP contribution in [0.3, 0.4) is 0 Å². The number of sulfonamides is 1. The van der Waals surface area contributed by atoms with Gasteiger partial charge >= 0.3 is 5.97 Å². The number of benzene rings is 1. The Morgan fingerprint density at radius 2 is 1.83 bits per heavy atom. The second kappa shape index (κ2) is 9.67. The van der Waals surface area contributed by atoms with Crippen molar-refractivity contribution in [1.82, 2.24) is 9.21 Å². The summed E-state index contributed by atoms with van der Waals surface area (Å²) in [5.74, 6) is -0.0297. The highest BCUT2D eigenvalue weighted by atomic mass is 32.2. The van der Waals surface area contributed by atoms with Crippen LogP contribution in [0, 0.1) is 0 Å². The molecule has 1 aromatic carbocycles. The Kier molecular flexibility index (Phi) is 7.22. The van der Waals surface area contributed by atoms with Crippen molar-refractivity contribution in [1.29, 1.82) is 0 Å². The van der Waals surface area contributed by atoms with Crippen molar-refractivity contribution in [3.05, 3.63) is 47.7 Å². The molecular weight excluding hydrogens is 428 g/mol. The molecular formula is C20H24N2O6S2. The van der Waals surface area contributed by atoms with Crippen LogP contribution in [0.25, 0.3) is 0 Å². The van der Waals surface area contributed by atoms with E-state index in [-0.39, 0.29) is 29.1 Å². The van der Waals surface area contributed by atoms with Gasteiger partial charge in [-0.3, -0.25) is 4.79 Å². The number of hydrogen-bond donors (Lipinski definition) is 0. The summed E-state index contributed by atoms with van der Waals surface area (Å²) in [6.45, 7) is 1.38. The molecule has 0 unspecified atom stereocenters. The molecule has 2 heterocycles. The number of thioether (sulfide) groups is 1. The van der Waals surface area contributed by atoms with Gasteiger partial charge in [0.25, 0.3) is 10.0 Å². The maximum Gasteiger partial charge on any atom is 0.339 e. The molecule has 0 saturated carbocycles. The highest BCUT2D eigenvalue weighted by molar-refractivity contribution is 8.00. The third kappa shape index (κ3) is 5.24. The van der Waals surface area contributed by atoms with Gasteiger partial charge in [-0.1, -0.05) is 12.1 Å². The van der Waals surface area contributed by atoms with E-state index in [1.54, 1.807) is 24.3 Å². The normalized spacial score (nSPS) is 14.3. The van der Waals surface area contributed by atoms with Crippen molar-refractivity contribution in [3.63, 3.8) is 0 Å². The molecule has 8 nitrogen and oxygen atoms in total. The maximum absolute atomic E-state index is 12.6. The van der Waals surface area contributed by atoms with E-state index in [4.69, 9.17) is 9.15 Å². The van der Waals surface area contributed by atoms with Crippen LogP contribution in [-0.4, -0.2) is 62.4 Å². The Hall–Kier alpha value is -2.30. The van der Waals surface area contributed by atoms with Crippen molar-refractivity contribution in [2.24, 2.45) is 0 Å². The molecule has 1 fully saturated rings. The van der Waals surface area contributed by atoms with E-state index < -0.39 is 16.0 Å². The molecule has 1 amide bonds. The fourth-order valence-corrected chi connectivity index (χ4v) is 4.68. The van der Waals surface area contributed by atoms with E-state index in [0.717, 1.165) is 30.2 Å². The summed E-state index contributed by atoms with van der Waals surface area (Å²) in [5, 5.41) is -0.213. The zero-order valence-electron chi connectivity index (χ0n) is 16.9. The lowest BCUT2D eigenvalue weighted by molar-refractivity contribution is -0.127. The van der Waals surface area contributed by atoms with Crippen LogP contribution in [0.4, 0.5) is 0 Å². The van der Waals surface area contributed by atoms with Crippen molar-refractivity contribution in [2.45, 2.75) is 29.4 Å². The summed E-state index contributed by atoms with van der Waals surface area (Å²) >= 11 is 1.30. The minimum Gasteiger partial charge on any atom is -0.454 e. The van der Waals surface area contributed by atoms with Gasteiger partial charge in [0.15, 0.2) is 0 Å². The monoisotopic (exact) mass is 452 g/mol. The van der Waals surface area contributed by atoms with Gasteiger partial charge in [-0.2, -0.15) is 0 Å². The molecule has 0 N–H and O–H groups in total. The molecule has 1 saturated heterocycles. The highest BCUT2D eigenvalue weighted by Gasteiger charge is 2.23. The predicted octanol–water partition coefficient (Wildman–Crippen LogP) is 2.60. The molecule has 30 heavy (non-hydrogen) atoms. The standard InChI is InChI=1S/C20H24N2O6S2/c1-21(2)30(25,26)19-10-9-15(28-19)13-27-20(24)16-7-3-4-8-17(16)29-14-18(23)22-11-5-6-12-22/h3-4,7-10H,5-6,11-14H2,1-2H3. The zero-order chi connectivity index (χ0) is 21.7. The van der Waals surface area contributed by atoms with Crippen LogP contribution in [0.5, 0.6) is 0 Å². The van der Waals surface area contributed by atoms with Gasteiger partial charge < -0.3 is 14.1 Å². The zero-order valence-corrected chi connectivity index (χ0v) is 18.5. The van der Waals surface area contributed by atoms with Gasteiger partial charge in [0.05, 0.1) is 11.3 Å². The first-order chi connectivity index (χ1) is 14.3. The summed E-state index contributed by atoms with van der Waals surface area (Å²) in [4.78, 5) is 27.3. The lowest BCUT2D eigenvalue weighted by Gasteiger charge is -2.15. The summed E-state index contributed by atoms with van der Waals surface area (Å²) in [6.07, 6.45) is 2.06. The molecule has 3 rings (SSSR count). The maximum atomic E-state index is 12.6. The molecule has 0 atom stereocenters. The number of esters is 1. The van der Waals surface area contributed by atoms with E-state index in [1.165, 1.54) is 38.0 Å². The van der Waals surface area contributed by atoms with Crippen molar-refractivity contribution in [3.8, 4) is 0 Å². The summed E-state index contributed by atoms with van der Waals surface area (Å²) in [6, 6.07) is 9.70. The first-order valence-electron chi connectivity index (χ1n) is 9.47. The molecule has 10 heteroatoms.